The van der Waals surface area contributed by atoms with Crippen LogP contribution in [-0.4, -0.2) is 46.7 Å². The molecule has 4 nitrogen and oxygen atoms in total. The second-order valence-electron chi connectivity index (χ2n) is 6.10. The van der Waals surface area contributed by atoms with E-state index in [0.717, 1.165) is 19.0 Å². The molecule has 0 amide bonds. The van der Waals surface area contributed by atoms with E-state index >= 15 is 0 Å². The number of nitrogens with zero attached hydrogens (tertiary/aromatic N) is 3. The average molecular weight is 278 g/mol. The normalized spacial score (nSPS) is 22.0. The van der Waals surface area contributed by atoms with Crippen LogP contribution in [0.15, 0.2) is 18.7 Å². The molecule has 4 heteroatoms. The third kappa shape index (κ3) is 4.91. The minimum absolute atomic E-state index is 0.637. The van der Waals surface area contributed by atoms with Gasteiger partial charge >= 0.3 is 0 Å². The van der Waals surface area contributed by atoms with E-state index in [2.05, 4.69) is 33.6 Å². The van der Waals surface area contributed by atoms with Gasteiger partial charge in [-0.1, -0.05) is 6.92 Å². The third-order valence-corrected chi connectivity index (χ3v) is 4.41. The quantitative estimate of drug-likeness (QED) is 0.741. The number of hydrogen-bond donors (Lipinski definition) is 1. The van der Waals surface area contributed by atoms with Gasteiger partial charge in [0.25, 0.3) is 0 Å². The third-order valence-electron chi connectivity index (χ3n) is 4.41. The summed E-state index contributed by atoms with van der Waals surface area (Å²) >= 11 is 0. The molecular weight excluding hydrogens is 248 g/mol. The highest BCUT2D eigenvalue weighted by Crippen LogP contribution is 2.19. The van der Waals surface area contributed by atoms with Crippen molar-refractivity contribution < 1.29 is 0 Å². The topological polar surface area (TPSA) is 33.1 Å². The average Bonchev–Trinajstić information content (AvgIpc) is 2.97. The molecule has 2 heterocycles. The number of likely N-dealkylation sites (tertiary alicyclic amines) is 1. The van der Waals surface area contributed by atoms with Crippen molar-refractivity contribution >= 4 is 0 Å². The number of aryl methyl sites for hydroxylation is 1. The second-order valence-corrected chi connectivity index (χ2v) is 6.10. The summed E-state index contributed by atoms with van der Waals surface area (Å²) in [5, 5.41) is 3.72. The molecule has 2 rings (SSSR count). The maximum atomic E-state index is 4.07. The number of aromatic nitrogens is 2. The van der Waals surface area contributed by atoms with Crippen LogP contribution in [0.2, 0.25) is 0 Å². The van der Waals surface area contributed by atoms with Crippen molar-refractivity contribution in [2.24, 2.45) is 5.92 Å². The van der Waals surface area contributed by atoms with Gasteiger partial charge in [0.1, 0.15) is 0 Å². The van der Waals surface area contributed by atoms with Gasteiger partial charge in [-0.25, -0.2) is 4.98 Å². The first-order chi connectivity index (χ1) is 9.79. The zero-order valence-electron chi connectivity index (χ0n) is 13.1. The minimum Gasteiger partial charge on any atom is -0.337 e. The number of nitrogens with one attached hydrogen (secondary N) is 1. The lowest BCUT2D eigenvalue weighted by Gasteiger charge is -2.36. The van der Waals surface area contributed by atoms with Gasteiger partial charge < -0.3 is 14.8 Å². The Morgan fingerprint density at radius 3 is 3.05 bits per heavy atom. The van der Waals surface area contributed by atoms with Gasteiger partial charge in [0, 0.05) is 31.5 Å². The molecule has 1 fully saturated rings. The van der Waals surface area contributed by atoms with Crippen LogP contribution in [0.25, 0.3) is 0 Å². The summed E-state index contributed by atoms with van der Waals surface area (Å²) in [4.78, 5) is 6.71. The van der Waals surface area contributed by atoms with Crippen molar-refractivity contribution in [2.45, 2.75) is 52.1 Å². The Hall–Kier alpha value is -0.870. The standard InChI is InChI=1S/C16H30N4/c1-3-9-19-10-4-6-16(13-19)15(2)18-7-5-11-20-12-8-17-14-20/h8,12,14-16,18H,3-7,9-11,13H2,1-2H3. The fourth-order valence-corrected chi connectivity index (χ4v) is 3.20. The van der Waals surface area contributed by atoms with E-state index in [1.54, 1.807) is 0 Å². The molecule has 1 aromatic rings. The van der Waals surface area contributed by atoms with Crippen LogP contribution in [-0.2, 0) is 6.54 Å². The molecule has 0 bridgehead atoms. The predicted octanol–water partition coefficient (Wildman–Crippen LogP) is 2.37. The van der Waals surface area contributed by atoms with Crippen LogP contribution in [0.3, 0.4) is 0 Å². The van der Waals surface area contributed by atoms with Gasteiger partial charge in [-0.15, -0.1) is 0 Å². The molecule has 0 aliphatic carbocycles. The molecule has 2 unspecified atom stereocenters. The highest BCUT2D eigenvalue weighted by atomic mass is 15.1. The van der Waals surface area contributed by atoms with E-state index in [-0.39, 0.29) is 0 Å². The molecule has 0 saturated carbocycles. The molecule has 1 aromatic heterocycles. The van der Waals surface area contributed by atoms with Gasteiger partial charge in [-0.3, -0.25) is 0 Å². The van der Waals surface area contributed by atoms with Crippen molar-refractivity contribution in [3.8, 4) is 0 Å². The highest BCUT2D eigenvalue weighted by molar-refractivity contribution is 4.80. The zero-order chi connectivity index (χ0) is 14.2. The Morgan fingerprint density at radius 2 is 2.30 bits per heavy atom. The lowest BCUT2D eigenvalue weighted by atomic mass is 9.91. The Kier molecular flexibility index (Phi) is 6.54. The van der Waals surface area contributed by atoms with E-state index in [9.17, 15) is 0 Å². The first kappa shape index (κ1) is 15.5. The fraction of sp³-hybridized carbons (Fsp3) is 0.812. The summed E-state index contributed by atoms with van der Waals surface area (Å²) in [6, 6.07) is 0.637. The predicted molar refractivity (Wildman–Crippen MR) is 83.8 cm³/mol. The molecule has 0 aromatic carbocycles. The molecule has 0 radical (unpaired) electrons. The zero-order valence-corrected chi connectivity index (χ0v) is 13.1. The summed E-state index contributed by atoms with van der Waals surface area (Å²) in [7, 11) is 0. The van der Waals surface area contributed by atoms with E-state index in [1.807, 2.05) is 18.7 Å². The molecule has 2 atom stereocenters. The summed E-state index contributed by atoms with van der Waals surface area (Å²) in [6.45, 7) is 10.7. The molecule has 1 saturated heterocycles. The maximum absolute atomic E-state index is 4.07. The summed E-state index contributed by atoms with van der Waals surface area (Å²) < 4.78 is 2.15. The fourth-order valence-electron chi connectivity index (χ4n) is 3.20. The second kappa shape index (κ2) is 8.42. The first-order valence-corrected chi connectivity index (χ1v) is 8.21. The summed E-state index contributed by atoms with van der Waals surface area (Å²) in [5.74, 6) is 0.823. The van der Waals surface area contributed by atoms with Gasteiger partial charge in [-0.05, 0) is 58.2 Å². The van der Waals surface area contributed by atoms with Crippen LogP contribution in [0.5, 0.6) is 0 Å². The van der Waals surface area contributed by atoms with Crippen LogP contribution in [0, 0.1) is 5.92 Å². The molecule has 114 valence electrons. The van der Waals surface area contributed by atoms with Gasteiger partial charge in [0.2, 0.25) is 0 Å². The van der Waals surface area contributed by atoms with E-state index < -0.39 is 0 Å². The first-order valence-electron chi connectivity index (χ1n) is 8.21. The molecule has 1 aliphatic heterocycles. The Bertz CT molecular complexity index is 347. The lowest BCUT2D eigenvalue weighted by molar-refractivity contribution is 0.151. The van der Waals surface area contributed by atoms with Crippen LogP contribution in [0.4, 0.5) is 0 Å². The maximum Gasteiger partial charge on any atom is 0.0945 e. The van der Waals surface area contributed by atoms with Crippen LogP contribution < -0.4 is 5.32 Å². The van der Waals surface area contributed by atoms with Crippen LogP contribution in [0.1, 0.15) is 39.5 Å². The Labute approximate surface area is 123 Å². The summed E-state index contributed by atoms with van der Waals surface area (Å²) in [6.07, 6.45) is 11.0. The van der Waals surface area contributed by atoms with Gasteiger partial charge in [0.15, 0.2) is 0 Å². The van der Waals surface area contributed by atoms with Gasteiger partial charge in [-0.2, -0.15) is 0 Å². The van der Waals surface area contributed by atoms with Crippen molar-refractivity contribution in [1.82, 2.24) is 19.8 Å². The van der Waals surface area contributed by atoms with E-state index in [4.69, 9.17) is 0 Å². The molecule has 0 spiro atoms. The number of piperidine rings is 1. The Morgan fingerprint density at radius 1 is 1.40 bits per heavy atom. The van der Waals surface area contributed by atoms with Crippen molar-refractivity contribution in [1.29, 1.82) is 0 Å². The molecule has 20 heavy (non-hydrogen) atoms. The van der Waals surface area contributed by atoms with E-state index in [1.165, 1.54) is 45.3 Å². The molecular formula is C16H30N4. The van der Waals surface area contributed by atoms with Crippen molar-refractivity contribution in [3.05, 3.63) is 18.7 Å². The molecule has 1 N–H and O–H groups in total. The lowest BCUT2D eigenvalue weighted by Crippen LogP contribution is -2.44. The smallest absolute Gasteiger partial charge is 0.0945 e. The minimum atomic E-state index is 0.637. The Balaban J connectivity index is 1.62. The number of hydrogen-bond acceptors (Lipinski definition) is 3. The van der Waals surface area contributed by atoms with E-state index in [0.29, 0.717) is 6.04 Å². The monoisotopic (exact) mass is 278 g/mol. The number of rotatable bonds is 8. The number of imidazole rings is 1. The highest BCUT2D eigenvalue weighted by Gasteiger charge is 2.23. The van der Waals surface area contributed by atoms with Crippen LogP contribution >= 0.6 is 0 Å². The summed E-state index contributed by atoms with van der Waals surface area (Å²) in [5.41, 5.74) is 0. The van der Waals surface area contributed by atoms with Gasteiger partial charge in [0.05, 0.1) is 6.33 Å². The SMILES string of the molecule is CCCN1CCCC(C(C)NCCCn2ccnc2)C1. The molecule has 1 aliphatic rings. The van der Waals surface area contributed by atoms with Crippen molar-refractivity contribution in [3.63, 3.8) is 0 Å². The largest absolute Gasteiger partial charge is 0.337 e. The van der Waals surface area contributed by atoms with Crippen molar-refractivity contribution in [2.75, 3.05) is 26.2 Å².